The lowest BCUT2D eigenvalue weighted by Gasteiger charge is -2.41. The highest BCUT2D eigenvalue weighted by molar-refractivity contribution is 6.78. The molecule has 0 bridgehead atoms. The summed E-state index contributed by atoms with van der Waals surface area (Å²) >= 11 is 12.2. The van der Waals surface area contributed by atoms with Crippen LogP contribution >= 0.6 is 23.2 Å². The third-order valence-electron chi connectivity index (χ3n) is 4.52. The molecule has 0 saturated carbocycles. The van der Waals surface area contributed by atoms with E-state index in [4.69, 9.17) is 23.2 Å². The second kappa shape index (κ2) is 5.55. The minimum absolute atomic E-state index is 0.260. The molecule has 1 aliphatic rings. The smallest absolute Gasteiger partial charge is 0.131 e. The molecule has 0 heterocycles. The van der Waals surface area contributed by atoms with Crippen molar-refractivity contribution in [2.24, 2.45) is 0 Å². The summed E-state index contributed by atoms with van der Waals surface area (Å²) < 4.78 is 0. The Hall–Kier alpha value is 0.237. The van der Waals surface area contributed by atoms with Gasteiger partial charge >= 0.3 is 0 Å². The molecule has 1 aliphatic carbocycles. The van der Waals surface area contributed by atoms with E-state index in [-0.39, 0.29) is 5.54 Å². The summed E-state index contributed by atoms with van der Waals surface area (Å²) in [4.78, 5) is 3.38. The average Bonchev–Trinajstić information content (AvgIpc) is 2.41. The first-order chi connectivity index (χ1) is 8.42. The summed E-state index contributed by atoms with van der Waals surface area (Å²) in [7, 11) is -1.71. The van der Waals surface area contributed by atoms with Gasteiger partial charge in [0.2, 0.25) is 0 Å². The van der Waals surface area contributed by atoms with Crippen LogP contribution in [0.3, 0.4) is 0 Å². The van der Waals surface area contributed by atoms with Crippen LogP contribution in [0.5, 0.6) is 0 Å². The van der Waals surface area contributed by atoms with Gasteiger partial charge < -0.3 is 4.98 Å². The predicted molar refractivity (Wildman–Crippen MR) is 90.7 cm³/mol. The van der Waals surface area contributed by atoms with E-state index < -0.39 is 13.1 Å². The minimum Gasteiger partial charge on any atom is -0.330 e. The van der Waals surface area contributed by atoms with Gasteiger partial charge in [0.25, 0.3) is 0 Å². The molecule has 0 amide bonds. The Kier molecular flexibility index (Phi) is 5.05. The van der Waals surface area contributed by atoms with E-state index in [1.165, 1.54) is 22.3 Å². The van der Waals surface area contributed by atoms with E-state index in [0.717, 1.165) is 0 Å². The molecule has 1 rings (SSSR count). The van der Waals surface area contributed by atoms with Crippen LogP contribution in [0.4, 0.5) is 0 Å². The zero-order valence-corrected chi connectivity index (χ0v) is 15.9. The maximum Gasteiger partial charge on any atom is 0.131 e. The molecule has 0 atom stereocenters. The summed E-state index contributed by atoms with van der Waals surface area (Å²) in [5.41, 5.74) is 6.21. The van der Waals surface area contributed by atoms with Crippen molar-refractivity contribution in [2.75, 3.05) is 0 Å². The van der Waals surface area contributed by atoms with Crippen LogP contribution in [0.15, 0.2) is 22.3 Å². The van der Waals surface area contributed by atoms with Gasteiger partial charge in [-0.2, -0.15) is 0 Å². The quantitative estimate of drug-likeness (QED) is 0.539. The van der Waals surface area contributed by atoms with Gasteiger partial charge in [-0.1, -0.05) is 24.2 Å². The lowest BCUT2D eigenvalue weighted by Crippen LogP contribution is -2.60. The predicted octanol–water partition coefficient (Wildman–Crippen LogP) is 5.42. The summed E-state index contributed by atoms with van der Waals surface area (Å²) in [6.45, 7) is 17.9. The molecule has 110 valence electrons. The normalized spacial score (nSPS) is 19.1. The number of allylic oxidation sites excluding steroid dienone is 4. The van der Waals surface area contributed by atoms with Crippen molar-refractivity contribution in [3.63, 3.8) is 0 Å². The molecule has 0 fully saturated rings. The molecule has 0 aliphatic heterocycles. The van der Waals surface area contributed by atoms with Crippen LogP contribution in [0.25, 0.3) is 0 Å². The number of nitrogens with one attached hydrogen (secondary N) is 1. The van der Waals surface area contributed by atoms with Gasteiger partial charge in [-0.3, -0.25) is 0 Å². The summed E-state index contributed by atoms with van der Waals surface area (Å²) in [5, 5.41) is 0. The SMILES string of the molecule is CC1=C(C)C([Si](C)(C)NC(C)(C)C(Cl)Cl)C(C)=C1C. The van der Waals surface area contributed by atoms with Crippen LogP contribution in [0.1, 0.15) is 41.5 Å². The Morgan fingerprint density at radius 2 is 1.37 bits per heavy atom. The van der Waals surface area contributed by atoms with Gasteiger partial charge in [-0.05, 0) is 52.7 Å². The van der Waals surface area contributed by atoms with Crippen molar-refractivity contribution in [1.82, 2.24) is 4.98 Å². The molecule has 19 heavy (non-hydrogen) atoms. The molecule has 1 nitrogen and oxygen atoms in total. The number of hydrogen-bond donors (Lipinski definition) is 1. The molecule has 0 aromatic carbocycles. The molecule has 0 spiro atoms. The van der Waals surface area contributed by atoms with Crippen LogP contribution < -0.4 is 4.98 Å². The second-order valence-corrected chi connectivity index (χ2v) is 12.3. The standard InChI is InChI=1S/C15H27Cl2NSi/c1-9-10(2)12(4)13(11(9)3)19(7,8)18-15(5,6)14(16)17/h13-14,18H,1-8H3. The molecule has 4 heteroatoms. The molecule has 0 aromatic heterocycles. The first kappa shape index (κ1) is 17.3. The largest absolute Gasteiger partial charge is 0.330 e. The van der Waals surface area contributed by atoms with Crippen molar-refractivity contribution >= 4 is 31.4 Å². The first-order valence-electron chi connectivity index (χ1n) is 6.84. The molecule has 1 N–H and O–H groups in total. The fourth-order valence-corrected chi connectivity index (χ4v) is 8.23. The van der Waals surface area contributed by atoms with Gasteiger partial charge in [0.05, 0.1) is 0 Å². The van der Waals surface area contributed by atoms with Crippen molar-refractivity contribution in [3.05, 3.63) is 22.3 Å². The highest BCUT2D eigenvalue weighted by Crippen LogP contribution is 2.46. The van der Waals surface area contributed by atoms with Gasteiger partial charge in [0.15, 0.2) is 0 Å². The van der Waals surface area contributed by atoms with Crippen LogP contribution in [0, 0.1) is 0 Å². The average molecular weight is 320 g/mol. The zero-order valence-electron chi connectivity index (χ0n) is 13.4. The second-order valence-electron chi connectivity index (χ2n) is 6.92. The van der Waals surface area contributed by atoms with Crippen LogP contribution in [-0.4, -0.2) is 18.6 Å². The summed E-state index contributed by atoms with van der Waals surface area (Å²) in [5.74, 6) is 0. The van der Waals surface area contributed by atoms with E-state index in [2.05, 4.69) is 59.6 Å². The van der Waals surface area contributed by atoms with E-state index >= 15 is 0 Å². The Balaban J connectivity index is 3.10. The van der Waals surface area contributed by atoms with Gasteiger partial charge in [-0.15, -0.1) is 23.2 Å². The van der Waals surface area contributed by atoms with Crippen molar-refractivity contribution in [3.8, 4) is 0 Å². The summed E-state index contributed by atoms with van der Waals surface area (Å²) in [6.07, 6.45) is 0. The topological polar surface area (TPSA) is 12.0 Å². The Labute approximate surface area is 129 Å². The molecule has 0 unspecified atom stereocenters. The number of rotatable bonds is 4. The van der Waals surface area contributed by atoms with Crippen LogP contribution in [0.2, 0.25) is 18.6 Å². The third-order valence-corrected chi connectivity index (χ3v) is 9.21. The molecule has 0 radical (unpaired) electrons. The summed E-state index contributed by atoms with van der Waals surface area (Å²) in [6, 6.07) is 0. The number of alkyl halides is 2. The van der Waals surface area contributed by atoms with Crippen molar-refractivity contribution in [1.29, 1.82) is 0 Å². The van der Waals surface area contributed by atoms with E-state index in [0.29, 0.717) is 5.54 Å². The van der Waals surface area contributed by atoms with Gasteiger partial charge in [-0.25, -0.2) is 0 Å². The molecular formula is C15H27Cl2NSi. The highest BCUT2D eigenvalue weighted by Gasteiger charge is 2.43. The maximum absolute atomic E-state index is 6.11. The van der Waals surface area contributed by atoms with Crippen LogP contribution in [-0.2, 0) is 0 Å². The van der Waals surface area contributed by atoms with E-state index in [1.807, 2.05) is 0 Å². The van der Waals surface area contributed by atoms with Crippen molar-refractivity contribution in [2.45, 2.75) is 70.6 Å². The first-order valence-corrected chi connectivity index (χ1v) is 10.8. The highest BCUT2D eigenvalue weighted by atomic mass is 35.5. The van der Waals surface area contributed by atoms with Crippen molar-refractivity contribution < 1.29 is 0 Å². The maximum atomic E-state index is 6.11. The minimum atomic E-state index is -1.71. The van der Waals surface area contributed by atoms with Gasteiger partial charge in [0.1, 0.15) is 13.1 Å². The lowest BCUT2D eigenvalue weighted by molar-refractivity contribution is 0.492. The fourth-order valence-electron chi connectivity index (χ4n) is 3.39. The Morgan fingerprint density at radius 1 is 1.00 bits per heavy atom. The Bertz CT molecular complexity index is 409. The third kappa shape index (κ3) is 3.29. The monoisotopic (exact) mass is 319 g/mol. The van der Waals surface area contributed by atoms with Gasteiger partial charge in [0, 0.05) is 11.1 Å². The zero-order chi connectivity index (χ0) is 15.2. The number of halogens is 2. The molecule has 0 saturated heterocycles. The number of hydrogen-bond acceptors (Lipinski definition) is 1. The van der Waals surface area contributed by atoms with E-state index in [1.54, 1.807) is 0 Å². The molecular weight excluding hydrogens is 293 g/mol. The molecule has 0 aromatic rings. The fraction of sp³-hybridized carbons (Fsp3) is 0.733. The van der Waals surface area contributed by atoms with E-state index in [9.17, 15) is 0 Å². The lowest BCUT2D eigenvalue weighted by atomic mass is 10.1. The Morgan fingerprint density at radius 3 is 1.68 bits per heavy atom.